The second-order valence-electron chi connectivity index (χ2n) is 6.02. The molecule has 0 fully saturated rings. The summed E-state index contributed by atoms with van der Waals surface area (Å²) >= 11 is 3.37. The molecule has 25 heavy (non-hydrogen) atoms. The molecule has 0 aromatic carbocycles. The maximum atomic E-state index is 12.0. The number of methoxy groups -OCH3 is 1. The molecule has 136 valence electrons. The van der Waals surface area contributed by atoms with Gasteiger partial charge in [0.05, 0.1) is 23.5 Å². The van der Waals surface area contributed by atoms with Gasteiger partial charge in [-0.25, -0.2) is 9.59 Å². The van der Waals surface area contributed by atoms with Gasteiger partial charge in [0, 0.05) is 0 Å². The third-order valence-corrected chi connectivity index (χ3v) is 3.64. The van der Waals surface area contributed by atoms with Crippen LogP contribution in [-0.2, 0) is 14.3 Å². The SMILES string of the molecule is COC(=O)/C(=C/c1ncc2c(c1Br)OCCO2)NC(=O)OC(C)(C)C. The van der Waals surface area contributed by atoms with E-state index in [0.717, 1.165) is 0 Å². The molecule has 8 nitrogen and oxygen atoms in total. The summed E-state index contributed by atoms with van der Waals surface area (Å²) in [5.41, 5.74) is -0.469. The maximum Gasteiger partial charge on any atom is 0.412 e. The molecule has 9 heteroatoms. The molecule has 0 saturated carbocycles. The van der Waals surface area contributed by atoms with Crippen LogP contribution < -0.4 is 14.8 Å². The molecule has 2 rings (SSSR count). The highest BCUT2D eigenvalue weighted by atomic mass is 79.9. The molecule has 1 aromatic rings. The Morgan fingerprint density at radius 1 is 1.32 bits per heavy atom. The zero-order valence-electron chi connectivity index (χ0n) is 14.3. The van der Waals surface area contributed by atoms with Crippen LogP contribution in [0.25, 0.3) is 6.08 Å². The second-order valence-corrected chi connectivity index (χ2v) is 6.82. The average molecular weight is 415 g/mol. The average Bonchev–Trinajstić information content (AvgIpc) is 2.54. The zero-order chi connectivity index (χ0) is 18.6. The molecular formula is C16H19BrN2O6. The predicted molar refractivity (Wildman–Crippen MR) is 92.3 cm³/mol. The third kappa shape index (κ3) is 5.09. The van der Waals surface area contributed by atoms with Crippen LogP contribution in [-0.4, -0.2) is 43.0 Å². The number of aromatic nitrogens is 1. The van der Waals surface area contributed by atoms with Crippen molar-refractivity contribution in [2.24, 2.45) is 0 Å². The molecule has 0 unspecified atom stereocenters. The zero-order valence-corrected chi connectivity index (χ0v) is 15.9. The van der Waals surface area contributed by atoms with E-state index >= 15 is 0 Å². The van der Waals surface area contributed by atoms with Crippen molar-refractivity contribution in [1.29, 1.82) is 0 Å². The van der Waals surface area contributed by atoms with E-state index in [1.807, 2.05) is 0 Å². The van der Waals surface area contributed by atoms with Crippen molar-refractivity contribution in [3.63, 3.8) is 0 Å². The van der Waals surface area contributed by atoms with Gasteiger partial charge >= 0.3 is 12.1 Å². The van der Waals surface area contributed by atoms with Crippen LogP contribution in [0.5, 0.6) is 11.5 Å². The lowest BCUT2D eigenvalue weighted by Gasteiger charge is -2.21. The fourth-order valence-electron chi connectivity index (χ4n) is 1.91. The minimum Gasteiger partial charge on any atom is -0.485 e. The third-order valence-electron chi connectivity index (χ3n) is 2.88. The van der Waals surface area contributed by atoms with E-state index < -0.39 is 17.7 Å². The molecule has 0 aliphatic carbocycles. The van der Waals surface area contributed by atoms with Crippen molar-refractivity contribution in [1.82, 2.24) is 10.3 Å². The lowest BCUT2D eigenvalue weighted by atomic mass is 10.2. The number of alkyl carbamates (subject to hydrolysis) is 1. The van der Waals surface area contributed by atoms with Crippen molar-refractivity contribution in [2.45, 2.75) is 26.4 Å². The highest BCUT2D eigenvalue weighted by Gasteiger charge is 2.22. The highest BCUT2D eigenvalue weighted by Crippen LogP contribution is 2.38. The number of rotatable bonds is 3. The van der Waals surface area contributed by atoms with Gasteiger partial charge in [0.2, 0.25) is 0 Å². The van der Waals surface area contributed by atoms with E-state index in [0.29, 0.717) is 34.9 Å². The first-order valence-electron chi connectivity index (χ1n) is 7.45. The number of ether oxygens (including phenoxy) is 4. The number of carbonyl (C=O) groups is 2. The van der Waals surface area contributed by atoms with Crippen LogP contribution in [0.2, 0.25) is 0 Å². The monoisotopic (exact) mass is 414 g/mol. The Morgan fingerprint density at radius 3 is 2.64 bits per heavy atom. The van der Waals surface area contributed by atoms with Gasteiger partial charge in [-0.15, -0.1) is 0 Å². The van der Waals surface area contributed by atoms with Crippen LogP contribution in [0, 0.1) is 0 Å². The largest absolute Gasteiger partial charge is 0.485 e. The van der Waals surface area contributed by atoms with E-state index in [-0.39, 0.29) is 5.70 Å². The number of esters is 1. The molecule has 0 atom stereocenters. The summed E-state index contributed by atoms with van der Waals surface area (Å²) in [6.45, 7) is 5.98. The quantitative estimate of drug-likeness (QED) is 0.599. The summed E-state index contributed by atoms with van der Waals surface area (Å²) in [5, 5.41) is 2.37. The van der Waals surface area contributed by atoms with Crippen molar-refractivity contribution in [2.75, 3.05) is 20.3 Å². The summed E-state index contributed by atoms with van der Waals surface area (Å²) in [4.78, 5) is 28.1. The first-order chi connectivity index (χ1) is 11.7. The van der Waals surface area contributed by atoms with Gasteiger partial charge in [0.25, 0.3) is 0 Å². The normalized spacial score (nSPS) is 13.9. The van der Waals surface area contributed by atoms with E-state index in [9.17, 15) is 9.59 Å². The van der Waals surface area contributed by atoms with E-state index in [4.69, 9.17) is 18.9 Å². The van der Waals surface area contributed by atoms with E-state index in [1.54, 1.807) is 20.8 Å². The van der Waals surface area contributed by atoms with Crippen LogP contribution in [0.3, 0.4) is 0 Å². The van der Waals surface area contributed by atoms with Crippen LogP contribution in [0.4, 0.5) is 4.79 Å². The predicted octanol–water partition coefficient (Wildman–Crippen LogP) is 2.65. The van der Waals surface area contributed by atoms with Gasteiger partial charge in [-0.05, 0) is 42.8 Å². The summed E-state index contributed by atoms with van der Waals surface area (Å²) < 4.78 is 21.3. The van der Waals surface area contributed by atoms with Crippen LogP contribution in [0.15, 0.2) is 16.4 Å². The topological polar surface area (TPSA) is 96.0 Å². The molecule has 1 N–H and O–H groups in total. The van der Waals surface area contributed by atoms with Crippen molar-refractivity contribution in [3.05, 3.63) is 22.1 Å². The Morgan fingerprint density at radius 2 is 2.00 bits per heavy atom. The molecular weight excluding hydrogens is 396 g/mol. The first-order valence-corrected chi connectivity index (χ1v) is 8.24. The molecule has 1 amide bonds. The highest BCUT2D eigenvalue weighted by molar-refractivity contribution is 9.10. The molecule has 1 aliphatic rings. The lowest BCUT2D eigenvalue weighted by Crippen LogP contribution is -2.34. The summed E-state index contributed by atoms with van der Waals surface area (Å²) in [5.74, 6) is 0.235. The molecule has 2 heterocycles. The standard InChI is InChI=1S/C16H19BrN2O6/c1-16(2,3)25-15(21)19-10(14(20)22-4)7-9-12(17)13-11(8-18-9)23-5-6-24-13/h7-8H,5-6H2,1-4H3,(H,19,21)/b10-7-. The number of nitrogens with zero attached hydrogens (tertiary/aromatic N) is 1. The van der Waals surface area contributed by atoms with Crippen LogP contribution >= 0.6 is 15.9 Å². The Labute approximate surface area is 153 Å². The number of hydrogen-bond donors (Lipinski definition) is 1. The van der Waals surface area contributed by atoms with E-state index in [1.165, 1.54) is 19.4 Å². The Kier molecular flexibility index (Phi) is 5.89. The van der Waals surface area contributed by atoms with Gasteiger partial charge in [-0.2, -0.15) is 0 Å². The summed E-state index contributed by atoms with van der Waals surface area (Å²) in [7, 11) is 1.21. The number of amides is 1. The summed E-state index contributed by atoms with van der Waals surface area (Å²) in [6, 6.07) is 0. The Hall–Kier alpha value is -2.29. The number of hydrogen-bond acceptors (Lipinski definition) is 7. The molecule has 1 aromatic heterocycles. The van der Waals surface area contributed by atoms with Crippen molar-refractivity contribution in [3.8, 4) is 11.5 Å². The molecule has 0 saturated heterocycles. The minimum atomic E-state index is -0.780. The van der Waals surface area contributed by atoms with Crippen molar-refractivity contribution >= 4 is 34.1 Å². The van der Waals surface area contributed by atoms with Gasteiger partial charge in [-0.1, -0.05) is 0 Å². The van der Waals surface area contributed by atoms with Gasteiger partial charge in [0.15, 0.2) is 11.5 Å². The minimum absolute atomic E-state index is 0.123. The van der Waals surface area contributed by atoms with Gasteiger partial charge in [-0.3, -0.25) is 10.3 Å². The number of fused-ring (bicyclic) bond motifs is 1. The van der Waals surface area contributed by atoms with E-state index in [2.05, 4.69) is 26.2 Å². The molecule has 0 spiro atoms. The number of nitrogens with one attached hydrogen (secondary N) is 1. The fraction of sp³-hybridized carbons (Fsp3) is 0.438. The maximum absolute atomic E-state index is 12.0. The molecule has 0 bridgehead atoms. The second kappa shape index (κ2) is 7.73. The first kappa shape index (κ1) is 19.0. The Bertz CT molecular complexity index is 711. The Balaban J connectivity index is 2.32. The van der Waals surface area contributed by atoms with Gasteiger partial charge < -0.3 is 18.9 Å². The number of pyridine rings is 1. The smallest absolute Gasteiger partial charge is 0.412 e. The molecule has 0 radical (unpaired) electrons. The van der Waals surface area contributed by atoms with Crippen LogP contribution in [0.1, 0.15) is 26.5 Å². The lowest BCUT2D eigenvalue weighted by molar-refractivity contribution is -0.136. The van der Waals surface area contributed by atoms with Gasteiger partial charge in [0.1, 0.15) is 24.5 Å². The summed E-state index contributed by atoms with van der Waals surface area (Å²) in [6.07, 6.45) is 2.06. The molecule has 1 aliphatic heterocycles. The van der Waals surface area contributed by atoms with Crippen molar-refractivity contribution < 1.29 is 28.5 Å². The number of halogens is 1. The number of carbonyl (C=O) groups excluding carboxylic acids is 2. The fourth-order valence-corrected chi connectivity index (χ4v) is 2.43.